The standard InChI is InChI=1S/C14H25N7O/c1-18(2)14(22)11-20-7-3-6-19(8-9-20)10-13-15-16-17-21(13)12-4-5-12/h12H,3-11H2,1-2H3. The van der Waals surface area contributed by atoms with Gasteiger partial charge in [-0.1, -0.05) is 0 Å². The molecule has 0 bridgehead atoms. The minimum Gasteiger partial charge on any atom is -0.348 e. The number of amides is 1. The van der Waals surface area contributed by atoms with Crippen LogP contribution in [0.5, 0.6) is 0 Å². The zero-order valence-corrected chi connectivity index (χ0v) is 13.5. The smallest absolute Gasteiger partial charge is 0.236 e. The minimum absolute atomic E-state index is 0.172. The summed E-state index contributed by atoms with van der Waals surface area (Å²) < 4.78 is 1.98. The Labute approximate surface area is 131 Å². The molecule has 0 spiro atoms. The van der Waals surface area contributed by atoms with Gasteiger partial charge in [0.05, 0.1) is 19.1 Å². The number of hydrogen-bond donors (Lipinski definition) is 0. The van der Waals surface area contributed by atoms with Crippen LogP contribution in [0.15, 0.2) is 0 Å². The third kappa shape index (κ3) is 3.80. The molecule has 1 saturated heterocycles. The van der Waals surface area contributed by atoms with Gasteiger partial charge in [0.15, 0.2) is 5.82 Å². The van der Waals surface area contributed by atoms with Crippen LogP contribution < -0.4 is 0 Å². The van der Waals surface area contributed by atoms with Gasteiger partial charge in [-0.2, -0.15) is 0 Å². The molecule has 1 aromatic rings. The Bertz CT molecular complexity index is 511. The van der Waals surface area contributed by atoms with Crippen LogP contribution in [0.3, 0.4) is 0 Å². The van der Waals surface area contributed by atoms with Crippen molar-refractivity contribution in [3.8, 4) is 0 Å². The number of likely N-dealkylation sites (N-methyl/N-ethyl adjacent to an activating group) is 1. The quantitative estimate of drug-likeness (QED) is 0.737. The van der Waals surface area contributed by atoms with E-state index >= 15 is 0 Å². The molecule has 0 aromatic carbocycles. The third-order valence-electron chi connectivity index (χ3n) is 4.36. The molecule has 0 N–H and O–H groups in total. The highest BCUT2D eigenvalue weighted by atomic mass is 16.2. The average Bonchev–Trinajstić information content (AvgIpc) is 3.26. The Hall–Kier alpha value is -1.54. The van der Waals surface area contributed by atoms with E-state index in [2.05, 4.69) is 25.3 Å². The number of carbonyl (C=O) groups excluding carboxylic acids is 1. The summed E-state index contributed by atoms with van der Waals surface area (Å²) >= 11 is 0. The number of rotatable bonds is 5. The lowest BCUT2D eigenvalue weighted by molar-refractivity contribution is -0.129. The summed E-state index contributed by atoms with van der Waals surface area (Å²) in [7, 11) is 3.62. The van der Waals surface area contributed by atoms with E-state index in [1.54, 1.807) is 4.90 Å². The molecular weight excluding hydrogens is 282 g/mol. The molecule has 1 saturated carbocycles. The Morgan fingerprint density at radius 3 is 2.64 bits per heavy atom. The number of nitrogens with zero attached hydrogens (tertiary/aromatic N) is 7. The molecular formula is C14H25N7O. The summed E-state index contributed by atoms with van der Waals surface area (Å²) in [6.07, 6.45) is 3.46. The molecule has 0 unspecified atom stereocenters. The van der Waals surface area contributed by atoms with Crippen molar-refractivity contribution in [3.63, 3.8) is 0 Å². The van der Waals surface area contributed by atoms with Crippen molar-refractivity contribution in [1.29, 1.82) is 0 Å². The van der Waals surface area contributed by atoms with Crippen molar-refractivity contribution in [2.45, 2.75) is 31.8 Å². The molecule has 1 amide bonds. The van der Waals surface area contributed by atoms with Gasteiger partial charge in [0.2, 0.25) is 5.91 Å². The van der Waals surface area contributed by atoms with Crippen LogP contribution in [0, 0.1) is 0 Å². The topological polar surface area (TPSA) is 70.4 Å². The van der Waals surface area contributed by atoms with Crippen LogP contribution in [0.1, 0.15) is 31.1 Å². The van der Waals surface area contributed by atoms with E-state index in [1.165, 1.54) is 12.8 Å². The Morgan fingerprint density at radius 1 is 1.18 bits per heavy atom. The molecule has 1 aromatic heterocycles. The summed E-state index contributed by atoms with van der Waals surface area (Å²) in [5.74, 6) is 1.14. The molecule has 2 heterocycles. The second-order valence-corrected chi connectivity index (χ2v) is 6.46. The monoisotopic (exact) mass is 307 g/mol. The molecule has 1 aliphatic carbocycles. The predicted molar refractivity (Wildman–Crippen MR) is 81.1 cm³/mol. The van der Waals surface area contributed by atoms with Crippen LogP contribution in [-0.2, 0) is 11.3 Å². The van der Waals surface area contributed by atoms with Gasteiger partial charge in [-0.15, -0.1) is 5.10 Å². The lowest BCUT2D eigenvalue weighted by atomic mass is 10.3. The molecule has 8 nitrogen and oxygen atoms in total. The van der Waals surface area contributed by atoms with Gasteiger partial charge in [-0.05, 0) is 42.8 Å². The maximum atomic E-state index is 11.8. The molecule has 122 valence electrons. The van der Waals surface area contributed by atoms with Crippen molar-refractivity contribution in [3.05, 3.63) is 5.82 Å². The van der Waals surface area contributed by atoms with E-state index in [9.17, 15) is 4.79 Å². The average molecular weight is 307 g/mol. The van der Waals surface area contributed by atoms with E-state index in [-0.39, 0.29) is 5.91 Å². The van der Waals surface area contributed by atoms with Crippen molar-refractivity contribution in [2.24, 2.45) is 0 Å². The van der Waals surface area contributed by atoms with Crippen molar-refractivity contribution in [2.75, 3.05) is 46.8 Å². The lowest BCUT2D eigenvalue weighted by Gasteiger charge is -2.22. The van der Waals surface area contributed by atoms with Gasteiger partial charge in [-0.25, -0.2) is 4.68 Å². The maximum Gasteiger partial charge on any atom is 0.236 e. The minimum atomic E-state index is 0.172. The normalized spacial score (nSPS) is 20.8. The van der Waals surface area contributed by atoms with Gasteiger partial charge in [0, 0.05) is 27.2 Å². The van der Waals surface area contributed by atoms with Crippen LogP contribution in [0.25, 0.3) is 0 Å². The van der Waals surface area contributed by atoms with E-state index in [0.717, 1.165) is 45.0 Å². The van der Waals surface area contributed by atoms with Crippen molar-refractivity contribution >= 4 is 5.91 Å². The fraction of sp³-hybridized carbons (Fsp3) is 0.857. The Kier molecular flexibility index (Phi) is 4.68. The zero-order chi connectivity index (χ0) is 15.5. The summed E-state index contributed by atoms with van der Waals surface area (Å²) in [4.78, 5) is 18.1. The first-order chi connectivity index (χ1) is 10.6. The van der Waals surface area contributed by atoms with Gasteiger partial charge in [0.1, 0.15) is 0 Å². The highest BCUT2D eigenvalue weighted by Gasteiger charge is 2.28. The second-order valence-electron chi connectivity index (χ2n) is 6.46. The van der Waals surface area contributed by atoms with E-state index in [0.29, 0.717) is 12.6 Å². The van der Waals surface area contributed by atoms with Gasteiger partial charge in [-0.3, -0.25) is 14.6 Å². The van der Waals surface area contributed by atoms with Crippen LogP contribution in [-0.4, -0.2) is 87.6 Å². The molecule has 22 heavy (non-hydrogen) atoms. The molecule has 0 atom stereocenters. The van der Waals surface area contributed by atoms with Crippen LogP contribution in [0.4, 0.5) is 0 Å². The summed E-state index contributed by atoms with van der Waals surface area (Å²) in [5, 5.41) is 12.1. The maximum absolute atomic E-state index is 11.8. The first-order valence-electron chi connectivity index (χ1n) is 8.05. The first kappa shape index (κ1) is 15.4. The highest BCUT2D eigenvalue weighted by molar-refractivity contribution is 5.77. The van der Waals surface area contributed by atoms with Crippen LogP contribution in [0.2, 0.25) is 0 Å². The summed E-state index contributed by atoms with van der Waals surface area (Å²) in [6, 6.07) is 0.520. The molecule has 3 rings (SSSR count). The van der Waals surface area contributed by atoms with E-state index in [1.807, 2.05) is 18.8 Å². The molecule has 2 aliphatic rings. The fourth-order valence-corrected chi connectivity index (χ4v) is 2.79. The summed E-state index contributed by atoms with van der Waals surface area (Å²) in [6.45, 7) is 5.20. The Balaban J connectivity index is 1.52. The molecule has 0 radical (unpaired) electrons. The summed E-state index contributed by atoms with van der Waals surface area (Å²) in [5.41, 5.74) is 0. The third-order valence-corrected chi connectivity index (χ3v) is 4.36. The first-order valence-corrected chi connectivity index (χ1v) is 8.05. The number of tetrazole rings is 1. The van der Waals surface area contributed by atoms with E-state index in [4.69, 9.17) is 0 Å². The fourth-order valence-electron chi connectivity index (χ4n) is 2.79. The van der Waals surface area contributed by atoms with Crippen molar-refractivity contribution in [1.82, 2.24) is 34.9 Å². The molecule has 1 aliphatic heterocycles. The Morgan fingerprint density at radius 2 is 1.91 bits per heavy atom. The number of hydrogen-bond acceptors (Lipinski definition) is 6. The predicted octanol–water partition coefficient (Wildman–Crippen LogP) is -0.396. The zero-order valence-electron chi connectivity index (χ0n) is 13.5. The number of aromatic nitrogens is 4. The van der Waals surface area contributed by atoms with E-state index < -0.39 is 0 Å². The largest absolute Gasteiger partial charge is 0.348 e. The van der Waals surface area contributed by atoms with Gasteiger partial charge >= 0.3 is 0 Å². The SMILES string of the molecule is CN(C)C(=O)CN1CCCN(Cc2nnnn2C2CC2)CC1. The molecule has 8 heteroatoms. The van der Waals surface area contributed by atoms with Crippen molar-refractivity contribution < 1.29 is 4.79 Å². The second kappa shape index (κ2) is 6.70. The van der Waals surface area contributed by atoms with Gasteiger partial charge in [0.25, 0.3) is 0 Å². The lowest BCUT2D eigenvalue weighted by Crippen LogP contribution is -2.38. The number of carbonyl (C=O) groups is 1. The van der Waals surface area contributed by atoms with Gasteiger partial charge < -0.3 is 4.90 Å². The van der Waals surface area contributed by atoms with Crippen LogP contribution >= 0.6 is 0 Å². The molecule has 2 fully saturated rings. The highest BCUT2D eigenvalue weighted by Crippen LogP contribution is 2.34.